The van der Waals surface area contributed by atoms with Crippen LogP contribution in [-0.2, 0) is 0 Å². The molecule has 3 heteroatoms. The molecule has 1 unspecified atom stereocenters. The second-order valence-corrected chi connectivity index (χ2v) is 5.07. The van der Waals surface area contributed by atoms with Crippen LogP contribution >= 0.6 is 0 Å². The van der Waals surface area contributed by atoms with Gasteiger partial charge in [0, 0.05) is 11.9 Å². The maximum Gasteiger partial charge on any atom is 0.126 e. The van der Waals surface area contributed by atoms with Crippen LogP contribution in [0.3, 0.4) is 0 Å². The van der Waals surface area contributed by atoms with E-state index in [2.05, 4.69) is 17.2 Å². The van der Waals surface area contributed by atoms with Crippen molar-refractivity contribution in [3.8, 4) is 0 Å². The van der Waals surface area contributed by atoms with Crippen molar-refractivity contribution in [2.75, 3.05) is 6.54 Å². The number of rotatable bonds is 5. The smallest absolute Gasteiger partial charge is 0.126 e. The summed E-state index contributed by atoms with van der Waals surface area (Å²) in [4.78, 5) is 4.34. The van der Waals surface area contributed by atoms with Gasteiger partial charge in [-0.3, -0.25) is 4.98 Å². The molecule has 0 aliphatic rings. The lowest BCUT2D eigenvalue weighted by atomic mass is 9.96. The van der Waals surface area contributed by atoms with Gasteiger partial charge in [-0.25, -0.2) is 4.39 Å². The van der Waals surface area contributed by atoms with Crippen LogP contribution in [0.25, 0.3) is 0 Å². The van der Waals surface area contributed by atoms with Crippen LogP contribution in [-0.4, -0.2) is 11.5 Å². The van der Waals surface area contributed by atoms with E-state index in [0.29, 0.717) is 5.56 Å². The molecule has 1 atom stereocenters. The lowest BCUT2D eigenvalue weighted by molar-refractivity contribution is 0.579. The number of nitrogens with zero attached hydrogens (tertiary/aromatic N) is 1. The van der Waals surface area contributed by atoms with Crippen LogP contribution in [0, 0.1) is 19.7 Å². The second kappa shape index (κ2) is 6.62. The number of aryl methyl sites for hydroxylation is 2. The highest BCUT2D eigenvalue weighted by Crippen LogP contribution is 2.25. The van der Waals surface area contributed by atoms with E-state index < -0.39 is 0 Å². The number of hydrogen-bond donors (Lipinski definition) is 1. The Kier molecular flexibility index (Phi) is 4.85. The van der Waals surface area contributed by atoms with Gasteiger partial charge in [0.2, 0.25) is 0 Å². The van der Waals surface area contributed by atoms with Crippen LogP contribution in [0.15, 0.2) is 36.5 Å². The van der Waals surface area contributed by atoms with Crippen molar-refractivity contribution in [3.05, 3.63) is 64.7 Å². The summed E-state index contributed by atoms with van der Waals surface area (Å²) in [5.74, 6) is -0.160. The molecule has 1 N–H and O–H groups in total. The molecule has 0 saturated carbocycles. The topological polar surface area (TPSA) is 24.9 Å². The number of aromatic nitrogens is 1. The molecule has 0 spiro atoms. The molecule has 1 aromatic heterocycles. The molecular formula is C17H21FN2. The van der Waals surface area contributed by atoms with Crippen LogP contribution < -0.4 is 5.32 Å². The van der Waals surface area contributed by atoms with Crippen LogP contribution in [0.5, 0.6) is 0 Å². The zero-order valence-corrected chi connectivity index (χ0v) is 12.3. The standard InChI is InChI=1S/C17H21FN2/c1-4-9-20-17(15-6-5-10-19-13(15)3)14-8-7-12(2)16(18)11-14/h5-8,10-11,17,20H,4,9H2,1-3H3. The van der Waals surface area contributed by atoms with Crippen molar-refractivity contribution in [1.29, 1.82) is 0 Å². The first-order valence-electron chi connectivity index (χ1n) is 7.04. The number of halogens is 1. The average Bonchev–Trinajstić information content (AvgIpc) is 2.44. The first-order chi connectivity index (χ1) is 9.63. The predicted molar refractivity (Wildman–Crippen MR) is 80.2 cm³/mol. The van der Waals surface area contributed by atoms with E-state index in [1.807, 2.05) is 31.2 Å². The van der Waals surface area contributed by atoms with Crippen molar-refractivity contribution in [3.63, 3.8) is 0 Å². The molecule has 20 heavy (non-hydrogen) atoms. The number of benzene rings is 1. The maximum atomic E-state index is 13.8. The first-order valence-corrected chi connectivity index (χ1v) is 7.04. The molecule has 106 valence electrons. The van der Waals surface area contributed by atoms with E-state index in [9.17, 15) is 4.39 Å². The molecular weight excluding hydrogens is 251 g/mol. The third kappa shape index (κ3) is 3.23. The molecule has 0 bridgehead atoms. The molecule has 2 nitrogen and oxygen atoms in total. The third-order valence-electron chi connectivity index (χ3n) is 3.49. The van der Waals surface area contributed by atoms with Crippen molar-refractivity contribution < 1.29 is 4.39 Å². The van der Waals surface area contributed by atoms with Crippen LogP contribution in [0.2, 0.25) is 0 Å². The highest BCUT2D eigenvalue weighted by Gasteiger charge is 2.16. The summed E-state index contributed by atoms with van der Waals surface area (Å²) in [6.07, 6.45) is 2.82. The monoisotopic (exact) mass is 272 g/mol. The average molecular weight is 272 g/mol. The van der Waals surface area contributed by atoms with Gasteiger partial charge >= 0.3 is 0 Å². The Morgan fingerprint density at radius 2 is 2.05 bits per heavy atom. The van der Waals surface area contributed by atoms with Gasteiger partial charge in [0.05, 0.1) is 6.04 Å². The van der Waals surface area contributed by atoms with Gasteiger partial charge in [-0.15, -0.1) is 0 Å². The zero-order chi connectivity index (χ0) is 14.5. The van der Waals surface area contributed by atoms with E-state index >= 15 is 0 Å². The molecule has 0 radical (unpaired) electrons. The van der Waals surface area contributed by atoms with E-state index in [1.54, 1.807) is 19.2 Å². The molecule has 0 fully saturated rings. The summed E-state index contributed by atoms with van der Waals surface area (Å²) < 4.78 is 13.8. The van der Waals surface area contributed by atoms with E-state index in [4.69, 9.17) is 0 Å². The van der Waals surface area contributed by atoms with Gasteiger partial charge in [-0.1, -0.05) is 25.1 Å². The third-order valence-corrected chi connectivity index (χ3v) is 3.49. The summed E-state index contributed by atoms with van der Waals surface area (Å²) >= 11 is 0. The lowest BCUT2D eigenvalue weighted by Crippen LogP contribution is -2.24. The van der Waals surface area contributed by atoms with E-state index in [-0.39, 0.29) is 11.9 Å². The van der Waals surface area contributed by atoms with Gasteiger partial charge in [-0.2, -0.15) is 0 Å². The maximum absolute atomic E-state index is 13.8. The Bertz CT molecular complexity index is 581. The Morgan fingerprint density at radius 3 is 2.70 bits per heavy atom. The molecule has 0 saturated heterocycles. The van der Waals surface area contributed by atoms with E-state index in [0.717, 1.165) is 29.8 Å². The molecule has 0 aliphatic carbocycles. The molecule has 0 amide bonds. The highest BCUT2D eigenvalue weighted by atomic mass is 19.1. The van der Waals surface area contributed by atoms with Gasteiger partial charge in [0.25, 0.3) is 0 Å². The second-order valence-electron chi connectivity index (χ2n) is 5.07. The summed E-state index contributed by atoms with van der Waals surface area (Å²) in [5.41, 5.74) is 3.69. The Morgan fingerprint density at radius 1 is 1.25 bits per heavy atom. The lowest BCUT2D eigenvalue weighted by Gasteiger charge is -2.21. The van der Waals surface area contributed by atoms with Gasteiger partial charge < -0.3 is 5.32 Å². The number of nitrogens with one attached hydrogen (secondary N) is 1. The molecule has 2 aromatic rings. The minimum atomic E-state index is -0.160. The highest BCUT2D eigenvalue weighted by molar-refractivity contribution is 5.35. The molecule has 1 aromatic carbocycles. The summed E-state index contributed by atoms with van der Waals surface area (Å²) in [6.45, 7) is 6.77. The van der Waals surface area contributed by atoms with Gasteiger partial charge in [-0.05, 0) is 55.6 Å². The molecule has 2 rings (SSSR count). The van der Waals surface area contributed by atoms with Crippen molar-refractivity contribution in [1.82, 2.24) is 10.3 Å². The normalized spacial score (nSPS) is 12.4. The largest absolute Gasteiger partial charge is 0.306 e. The fourth-order valence-electron chi connectivity index (χ4n) is 2.29. The van der Waals surface area contributed by atoms with Crippen molar-refractivity contribution in [2.45, 2.75) is 33.2 Å². The van der Waals surface area contributed by atoms with Gasteiger partial charge in [0.1, 0.15) is 5.82 Å². The van der Waals surface area contributed by atoms with Crippen LogP contribution in [0.4, 0.5) is 4.39 Å². The van der Waals surface area contributed by atoms with Gasteiger partial charge in [0.15, 0.2) is 0 Å². The minimum absolute atomic E-state index is 0.0150. The summed E-state index contributed by atoms with van der Waals surface area (Å²) in [5, 5.41) is 3.48. The minimum Gasteiger partial charge on any atom is -0.306 e. The molecule has 0 aliphatic heterocycles. The van der Waals surface area contributed by atoms with E-state index in [1.165, 1.54) is 0 Å². The Hall–Kier alpha value is -1.74. The van der Waals surface area contributed by atoms with Crippen molar-refractivity contribution in [2.24, 2.45) is 0 Å². The molecule has 1 heterocycles. The fourth-order valence-corrected chi connectivity index (χ4v) is 2.29. The predicted octanol–water partition coefficient (Wildman–Crippen LogP) is 3.93. The zero-order valence-electron chi connectivity index (χ0n) is 12.3. The number of pyridine rings is 1. The fraction of sp³-hybridized carbons (Fsp3) is 0.353. The SMILES string of the molecule is CCCNC(c1ccc(C)c(F)c1)c1cccnc1C. The first kappa shape index (κ1) is 14.7. The summed E-state index contributed by atoms with van der Waals surface area (Å²) in [7, 11) is 0. The quantitative estimate of drug-likeness (QED) is 0.892. The number of hydrogen-bond acceptors (Lipinski definition) is 2. The Balaban J connectivity index is 2.41. The Labute approximate surface area is 120 Å². The van der Waals surface area contributed by atoms with Crippen LogP contribution in [0.1, 0.15) is 41.8 Å². The van der Waals surface area contributed by atoms with Crippen molar-refractivity contribution >= 4 is 0 Å². The summed E-state index contributed by atoms with van der Waals surface area (Å²) in [6, 6.07) is 9.39.